The smallest absolute Gasteiger partial charge is 0.227 e. The molecule has 2 aliphatic rings. The van der Waals surface area contributed by atoms with Gasteiger partial charge in [-0.25, -0.2) is 0 Å². The van der Waals surface area contributed by atoms with Crippen LogP contribution in [-0.4, -0.2) is 11.8 Å². The van der Waals surface area contributed by atoms with E-state index in [4.69, 9.17) is 0 Å². The van der Waals surface area contributed by atoms with E-state index in [0.29, 0.717) is 11.6 Å². The van der Waals surface area contributed by atoms with Crippen molar-refractivity contribution in [1.82, 2.24) is 0 Å². The molecule has 2 amide bonds. The van der Waals surface area contributed by atoms with Gasteiger partial charge in [0, 0.05) is 24.2 Å². The van der Waals surface area contributed by atoms with Gasteiger partial charge < -0.3 is 10.6 Å². The van der Waals surface area contributed by atoms with Crippen LogP contribution in [0.3, 0.4) is 0 Å². The first kappa shape index (κ1) is 13.2. The van der Waals surface area contributed by atoms with Crippen molar-refractivity contribution in [3.8, 4) is 0 Å². The Morgan fingerprint density at radius 3 is 2.45 bits per heavy atom. The Bertz CT molecular complexity index is 541. The Hall–Kier alpha value is -1.84. The summed E-state index contributed by atoms with van der Waals surface area (Å²) >= 11 is 0. The van der Waals surface area contributed by atoms with Crippen LogP contribution in [0.15, 0.2) is 24.3 Å². The molecule has 3 rings (SSSR count). The fourth-order valence-corrected chi connectivity index (χ4v) is 3.68. The molecule has 0 radical (unpaired) electrons. The van der Waals surface area contributed by atoms with Crippen LogP contribution in [-0.2, 0) is 9.59 Å². The maximum absolute atomic E-state index is 12.3. The average molecular weight is 272 g/mol. The predicted octanol–water partition coefficient (Wildman–Crippen LogP) is 3.02. The molecule has 1 aromatic rings. The molecule has 2 bridgehead atoms. The first-order valence-electron chi connectivity index (χ1n) is 7.30. The number of rotatable bonds is 3. The summed E-state index contributed by atoms with van der Waals surface area (Å²) in [6.07, 6.45) is 4.77. The largest absolute Gasteiger partial charge is 0.326 e. The van der Waals surface area contributed by atoms with Crippen LogP contribution in [0.2, 0.25) is 0 Å². The second kappa shape index (κ2) is 5.27. The molecular formula is C16H20N2O2. The third-order valence-electron chi connectivity index (χ3n) is 4.53. The van der Waals surface area contributed by atoms with Crippen molar-refractivity contribution in [2.75, 3.05) is 10.6 Å². The number of hydrogen-bond acceptors (Lipinski definition) is 2. The molecule has 0 spiro atoms. The third kappa shape index (κ3) is 2.69. The van der Waals surface area contributed by atoms with Crippen molar-refractivity contribution >= 4 is 23.2 Å². The monoisotopic (exact) mass is 272 g/mol. The number of carbonyl (C=O) groups excluding carboxylic acids is 2. The fraction of sp³-hybridized carbons (Fsp3) is 0.500. The third-order valence-corrected chi connectivity index (χ3v) is 4.53. The van der Waals surface area contributed by atoms with E-state index < -0.39 is 0 Å². The number of hydrogen-bond donors (Lipinski definition) is 2. The standard InChI is InChI=1S/C16H20N2O2/c1-10(19)17-13-3-2-4-14(9-13)18-16(20)15-8-11-5-6-12(15)7-11/h2-4,9,11-12,15H,5-8H2,1H3,(H,17,19)(H,18,20)/t11-,12-,15+/m0/s1. The highest BCUT2D eigenvalue weighted by Gasteiger charge is 2.42. The number of nitrogens with one attached hydrogen (secondary N) is 2. The van der Waals surface area contributed by atoms with E-state index in [1.807, 2.05) is 18.2 Å². The topological polar surface area (TPSA) is 58.2 Å². The number of benzene rings is 1. The van der Waals surface area contributed by atoms with Crippen molar-refractivity contribution < 1.29 is 9.59 Å². The zero-order valence-corrected chi connectivity index (χ0v) is 11.7. The van der Waals surface area contributed by atoms with Crippen LogP contribution < -0.4 is 10.6 Å². The Kier molecular flexibility index (Phi) is 3.47. The van der Waals surface area contributed by atoms with E-state index >= 15 is 0 Å². The predicted molar refractivity (Wildman–Crippen MR) is 78.3 cm³/mol. The highest BCUT2D eigenvalue weighted by Crippen LogP contribution is 2.48. The normalized spacial score (nSPS) is 27.4. The molecule has 0 aliphatic heterocycles. The van der Waals surface area contributed by atoms with Gasteiger partial charge in [0.15, 0.2) is 0 Å². The molecule has 2 aliphatic carbocycles. The van der Waals surface area contributed by atoms with Crippen molar-refractivity contribution in [2.45, 2.75) is 32.6 Å². The molecule has 4 nitrogen and oxygen atoms in total. The van der Waals surface area contributed by atoms with Crippen molar-refractivity contribution in [3.63, 3.8) is 0 Å². The lowest BCUT2D eigenvalue weighted by Crippen LogP contribution is -2.27. The van der Waals surface area contributed by atoms with Gasteiger partial charge in [-0.1, -0.05) is 12.5 Å². The zero-order chi connectivity index (χ0) is 14.1. The SMILES string of the molecule is CC(=O)Nc1cccc(NC(=O)[C@@H]2C[C@H]3CC[C@H]2C3)c1. The van der Waals surface area contributed by atoms with E-state index in [1.54, 1.807) is 6.07 Å². The Morgan fingerprint density at radius 2 is 1.85 bits per heavy atom. The molecule has 0 saturated heterocycles. The fourth-order valence-electron chi connectivity index (χ4n) is 3.68. The lowest BCUT2D eigenvalue weighted by atomic mass is 9.88. The summed E-state index contributed by atoms with van der Waals surface area (Å²) in [6.45, 7) is 1.47. The minimum Gasteiger partial charge on any atom is -0.326 e. The maximum atomic E-state index is 12.3. The summed E-state index contributed by atoms with van der Waals surface area (Å²) in [4.78, 5) is 23.4. The van der Waals surface area contributed by atoms with E-state index in [9.17, 15) is 9.59 Å². The Morgan fingerprint density at radius 1 is 1.10 bits per heavy atom. The number of amides is 2. The molecule has 0 unspecified atom stereocenters. The summed E-state index contributed by atoms with van der Waals surface area (Å²) in [5.41, 5.74) is 1.47. The molecular weight excluding hydrogens is 252 g/mol. The first-order chi connectivity index (χ1) is 9.61. The molecule has 2 saturated carbocycles. The first-order valence-corrected chi connectivity index (χ1v) is 7.30. The van der Waals surface area contributed by atoms with Gasteiger partial charge in [0.1, 0.15) is 0 Å². The summed E-state index contributed by atoms with van der Waals surface area (Å²) in [5, 5.41) is 5.72. The summed E-state index contributed by atoms with van der Waals surface area (Å²) < 4.78 is 0. The van der Waals surface area contributed by atoms with Gasteiger partial charge in [0.2, 0.25) is 11.8 Å². The second-order valence-electron chi connectivity index (χ2n) is 6.03. The van der Waals surface area contributed by atoms with Gasteiger partial charge in [-0.15, -0.1) is 0 Å². The lowest BCUT2D eigenvalue weighted by Gasteiger charge is -2.20. The van der Waals surface area contributed by atoms with E-state index in [-0.39, 0.29) is 17.7 Å². The maximum Gasteiger partial charge on any atom is 0.227 e. The molecule has 106 valence electrons. The van der Waals surface area contributed by atoms with Gasteiger partial charge >= 0.3 is 0 Å². The van der Waals surface area contributed by atoms with E-state index in [2.05, 4.69) is 10.6 Å². The molecule has 1 aromatic carbocycles. The van der Waals surface area contributed by atoms with Crippen LogP contribution in [0, 0.1) is 17.8 Å². The van der Waals surface area contributed by atoms with Gasteiger partial charge in [-0.05, 0) is 49.3 Å². The molecule has 2 N–H and O–H groups in total. The quantitative estimate of drug-likeness (QED) is 0.888. The van der Waals surface area contributed by atoms with Gasteiger partial charge in [-0.2, -0.15) is 0 Å². The van der Waals surface area contributed by atoms with Crippen LogP contribution in [0.5, 0.6) is 0 Å². The van der Waals surface area contributed by atoms with Gasteiger partial charge in [0.25, 0.3) is 0 Å². The summed E-state index contributed by atoms with van der Waals surface area (Å²) in [6, 6.07) is 7.30. The van der Waals surface area contributed by atoms with Crippen molar-refractivity contribution in [3.05, 3.63) is 24.3 Å². The molecule has 3 atom stereocenters. The Balaban J connectivity index is 1.65. The molecule has 4 heteroatoms. The van der Waals surface area contributed by atoms with Crippen LogP contribution in [0.1, 0.15) is 32.6 Å². The van der Waals surface area contributed by atoms with Crippen LogP contribution in [0.4, 0.5) is 11.4 Å². The second-order valence-corrected chi connectivity index (χ2v) is 6.03. The lowest BCUT2D eigenvalue weighted by molar-refractivity contribution is -0.121. The molecule has 0 aromatic heterocycles. The van der Waals surface area contributed by atoms with Crippen molar-refractivity contribution in [2.24, 2.45) is 17.8 Å². The highest BCUT2D eigenvalue weighted by molar-refractivity contribution is 5.94. The minimum absolute atomic E-state index is 0.110. The van der Waals surface area contributed by atoms with Gasteiger partial charge in [-0.3, -0.25) is 9.59 Å². The van der Waals surface area contributed by atoms with E-state index in [1.165, 1.54) is 26.2 Å². The molecule has 0 heterocycles. The van der Waals surface area contributed by atoms with Crippen molar-refractivity contribution in [1.29, 1.82) is 0 Å². The van der Waals surface area contributed by atoms with E-state index in [0.717, 1.165) is 18.0 Å². The van der Waals surface area contributed by atoms with Crippen LogP contribution >= 0.6 is 0 Å². The summed E-state index contributed by atoms with van der Waals surface area (Å²) in [7, 11) is 0. The average Bonchev–Trinajstić information content (AvgIpc) is 3.00. The number of anilines is 2. The van der Waals surface area contributed by atoms with Gasteiger partial charge in [0.05, 0.1) is 0 Å². The zero-order valence-electron chi connectivity index (χ0n) is 11.7. The van der Waals surface area contributed by atoms with Crippen LogP contribution in [0.25, 0.3) is 0 Å². The number of carbonyl (C=O) groups is 2. The highest BCUT2D eigenvalue weighted by atomic mass is 16.2. The summed E-state index contributed by atoms with van der Waals surface area (Å²) in [5.74, 6) is 1.55. The number of fused-ring (bicyclic) bond motifs is 2. The molecule has 2 fully saturated rings. The minimum atomic E-state index is -0.110. The molecule has 20 heavy (non-hydrogen) atoms. The Labute approximate surface area is 118 Å².